The van der Waals surface area contributed by atoms with Gasteiger partial charge >= 0.3 is 17.9 Å². The van der Waals surface area contributed by atoms with Gasteiger partial charge in [0.2, 0.25) is 0 Å². The van der Waals surface area contributed by atoms with Crippen LogP contribution in [0.2, 0.25) is 0 Å². The van der Waals surface area contributed by atoms with Crippen LogP contribution in [0.3, 0.4) is 0 Å². The third kappa shape index (κ3) is 8.19. The number of methoxy groups -OCH3 is 2. The molecule has 0 unspecified atom stereocenters. The lowest BCUT2D eigenvalue weighted by Crippen LogP contribution is -2.55. The van der Waals surface area contributed by atoms with Crippen molar-refractivity contribution in [3.8, 4) is 0 Å². The highest BCUT2D eigenvalue weighted by molar-refractivity contribution is 6.00. The summed E-state index contributed by atoms with van der Waals surface area (Å²) in [6.45, 7) is 15.9. The molecule has 5 aliphatic carbocycles. The van der Waals surface area contributed by atoms with E-state index in [0.29, 0.717) is 31.3 Å². The van der Waals surface area contributed by atoms with Crippen molar-refractivity contribution in [1.29, 1.82) is 0 Å². The Bertz CT molecular complexity index is 2140. The Morgan fingerprint density at radius 3 is 1.76 bits per heavy atom. The predicted octanol–water partition coefficient (Wildman–Crippen LogP) is 8.55. The second-order valence-corrected chi connectivity index (χ2v) is 19.5. The third-order valence-corrected chi connectivity index (χ3v) is 16.1. The number of Topliss-reactive ketones (excluding diaryl/α,β-unsaturated/α-hetero) is 2. The van der Waals surface area contributed by atoms with E-state index in [4.69, 9.17) is 33.2 Å². The molecule has 0 radical (unpaired) electrons. The quantitative estimate of drug-likeness (QED) is 0.143. The van der Waals surface area contributed by atoms with Gasteiger partial charge in [0.1, 0.15) is 41.4 Å². The van der Waals surface area contributed by atoms with E-state index in [-0.39, 0.29) is 98.1 Å². The number of hydrogen-bond acceptors (Lipinski definition) is 12. The predicted molar refractivity (Wildman–Crippen MR) is 250 cm³/mol. The number of carbonyl (C=O) groups is 5. The first-order valence-corrected chi connectivity index (χ1v) is 23.5. The smallest absolute Gasteiger partial charge is 0.335 e. The van der Waals surface area contributed by atoms with Crippen molar-refractivity contribution < 1.29 is 57.1 Å². The molecule has 4 aliphatic heterocycles. The summed E-state index contributed by atoms with van der Waals surface area (Å²) in [5.74, 6) is -2.63. The number of ketones is 2. The fraction of sp³-hybridized carbons (Fsp3) is 0.648. The monoisotopic (exact) mass is 915 g/mol. The summed E-state index contributed by atoms with van der Waals surface area (Å²) in [5, 5.41) is 0. The number of esters is 3. The molecule has 8 bridgehead atoms. The summed E-state index contributed by atoms with van der Waals surface area (Å²) < 4.78 is 42.3. The molecule has 3 fully saturated rings. The number of hydrogen-bond donors (Lipinski definition) is 0. The number of allylic oxidation sites excluding steroid dienone is 4. The van der Waals surface area contributed by atoms with Gasteiger partial charge in [0.15, 0.2) is 18.0 Å². The summed E-state index contributed by atoms with van der Waals surface area (Å²) in [4.78, 5) is 65.9. The molecule has 4 heterocycles. The molecule has 2 saturated heterocycles. The fourth-order valence-corrected chi connectivity index (χ4v) is 12.7. The van der Waals surface area contributed by atoms with Crippen LogP contribution < -0.4 is 0 Å². The van der Waals surface area contributed by atoms with E-state index < -0.39 is 53.4 Å². The zero-order valence-corrected chi connectivity index (χ0v) is 38.9. The van der Waals surface area contributed by atoms with Gasteiger partial charge in [-0.3, -0.25) is 9.59 Å². The van der Waals surface area contributed by atoms with Gasteiger partial charge < -0.3 is 33.2 Å². The normalized spacial score (nSPS) is 44.4. The average Bonchev–Trinajstić information content (AvgIpc) is 3.92. The molecule has 0 N–H and O–H groups in total. The van der Waals surface area contributed by atoms with Crippen molar-refractivity contribution in [2.75, 3.05) is 14.2 Å². The molecule has 18 atom stereocenters. The molecule has 9 rings (SSSR count). The summed E-state index contributed by atoms with van der Waals surface area (Å²) in [6.07, 6.45) is 19.6. The zero-order valence-electron chi connectivity index (χ0n) is 38.9. The van der Waals surface area contributed by atoms with Crippen molar-refractivity contribution in [2.45, 2.75) is 156 Å². The minimum Gasteiger partial charge on any atom is -0.460 e. The zero-order chi connectivity index (χ0) is 46.0. The Kier molecular flexibility index (Phi) is 15.3. The summed E-state index contributed by atoms with van der Waals surface area (Å²) >= 11 is 0. The molecule has 0 amide bonds. The molecule has 12 heteroatoms. The first-order valence-electron chi connectivity index (χ1n) is 23.5. The molecule has 9 aliphatic rings. The van der Waals surface area contributed by atoms with Crippen LogP contribution in [0, 0.1) is 53.3 Å². The Balaban J connectivity index is 0.000000218. The van der Waals surface area contributed by atoms with Gasteiger partial charge in [-0.15, -0.1) is 0 Å². The molecular weight excluding hydrogens is 841 g/mol. The fourth-order valence-electron chi connectivity index (χ4n) is 12.7. The Hall–Kier alpha value is -4.23. The van der Waals surface area contributed by atoms with Crippen LogP contribution in [0.4, 0.5) is 0 Å². The van der Waals surface area contributed by atoms with Crippen LogP contribution in [-0.2, 0) is 57.1 Å². The van der Waals surface area contributed by atoms with Crippen LogP contribution >= 0.6 is 0 Å². The highest BCUT2D eigenvalue weighted by atomic mass is 16.6. The van der Waals surface area contributed by atoms with E-state index in [1.54, 1.807) is 6.08 Å². The molecule has 1 saturated carbocycles. The Labute approximate surface area is 392 Å². The average molecular weight is 915 g/mol. The molecular formula is C54H74O12. The second-order valence-electron chi connectivity index (χ2n) is 19.5. The molecule has 0 aromatic rings. The highest BCUT2D eigenvalue weighted by Gasteiger charge is 2.69. The molecule has 0 aromatic carbocycles. The maximum absolute atomic E-state index is 14.0. The van der Waals surface area contributed by atoms with Gasteiger partial charge in [0.25, 0.3) is 0 Å². The van der Waals surface area contributed by atoms with Gasteiger partial charge in [-0.2, -0.15) is 0 Å². The SMILES string of the molecule is C.C.CC[C@H]1OC(=O)[C@@H](OC)C[C@H]2C=C[C@H]3[C@@H]4C=C(C)C(=O)[C@H]3[C@]2(O4)/C(C)=C/[C@H]1C.CC[C@H]1OC(=O)[C@@H](OC)C[C@H]2C=C[C@H]3[C@H]4O[C@]2(/C(C)=C/[C@H]1C)[C@@H]3C(=O)[C@@H](C)[C@H]4OC(=O)C1=CC=CC1. The van der Waals surface area contributed by atoms with Crippen molar-refractivity contribution >= 4 is 29.5 Å². The topological polar surface area (TPSA) is 150 Å². The Morgan fingerprint density at radius 2 is 1.26 bits per heavy atom. The van der Waals surface area contributed by atoms with Gasteiger partial charge in [0.05, 0.1) is 23.9 Å². The van der Waals surface area contributed by atoms with E-state index in [9.17, 15) is 24.0 Å². The number of rotatable bonds is 6. The van der Waals surface area contributed by atoms with Gasteiger partial charge in [-0.25, -0.2) is 14.4 Å². The van der Waals surface area contributed by atoms with Crippen molar-refractivity contribution in [2.24, 2.45) is 53.3 Å². The molecule has 362 valence electrons. The van der Waals surface area contributed by atoms with E-state index in [1.807, 2.05) is 65.8 Å². The van der Waals surface area contributed by atoms with Crippen molar-refractivity contribution in [3.63, 3.8) is 0 Å². The van der Waals surface area contributed by atoms with Gasteiger partial charge in [-0.1, -0.05) is 104 Å². The van der Waals surface area contributed by atoms with Gasteiger partial charge in [-0.05, 0) is 75.7 Å². The lowest BCUT2D eigenvalue weighted by Gasteiger charge is -2.45. The number of cyclic esters (lactones) is 2. The maximum Gasteiger partial charge on any atom is 0.335 e. The van der Waals surface area contributed by atoms with Crippen LogP contribution in [0.5, 0.6) is 0 Å². The van der Waals surface area contributed by atoms with E-state index in [2.05, 4.69) is 44.2 Å². The maximum atomic E-state index is 14.0. The van der Waals surface area contributed by atoms with Gasteiger partial charge in [0, 0.05) is 55.3 Å². The first kappa shape index (κ1) is 51.2. The van der Waals surface area contributed by atoms with Crippen molar-refractivity contribution in [3.05, 3.63) is 83.1 Å². The number of ether oxygens (including phenoxy) is 7. The van der Waals surface area contributed by atoms with Crippen LogP contribution in [0.25, 0.3) is 0 Å². The highest BCUT2D eigenvalue weighted by Crippen LogP contribution is 2.61. The minimum atomic E-state index is -0.925. The standard InChI is InChI=1S/C29H36O7.C23H30O5.2CH4/c1-6-21-15(2)13-16(3)29-19(14-22(33-5)28(32)34-21)11-12-20-23(29)24(30)17(4)25(26(20)36-29)35-27(31)18-9-7-8-10-18;1-6-17-12(2)9-14(4)23-15(11-19(26-5)22(25)27-17)7-8-16-18(28-23)10-13(3)21(24)20(16)23;;/h7-9,11-13,15,17,19-23,25-26H,6,10,14H2,1-5H3;7-10,12,15-20H,6,11H2,1-5H3;2*1H4/b16-13+;14-9+;;/t15-,17-,19-,20-,21-,22+,23+,25-,26-,29+;12-,15-,16+,17-,18+,19+,20+,23+;;/m11../s1. The molecule has 12 nitrogen and oxygen atoms in total. The molecule has 0 aromatic heterocycles. The van der Waals surface area contributed by atoms with Crippen LogP contribution in [0.1, 0.15) is 102 Å². The van der Waals surface area contributed by atoms with E-state index in [0.717, 1.165) is 23.1 Å². The molecule has 66 heavy (non-hydrogen) atoms. The van der Waals surface area contributed by atoms with Crippen molar-refractivity contribution in [1.82, 2.24) is 0 Å². The lowest BCUT2D eigenvalue weighted by molar-refractivity contribution is -0.168. The second kappa shape index (κ2) is 19.8. The summed E-state index contributed by atoms with van der Waals surface area (Å²) in [5.41, 5.74) is 1.74. The largest absolute Gasteiger partial charge is 0.460 e. The summed E-state index contributed by atoms with van der Waals surface area (Å²) in [6, 6.07) is 0. The number of carbonyl (C=O) groups excluding carboxylic acids is 5. The summed E-state index contributed by atoms with van der Waals surface area (Å²) in [7, 11) is 3.05. The van der Waals surface area contributed by atoms with E-state index >= 15 is 0 Å². The van der Waals surface area contributed by atoms with Crippen LogP contribution in [-0.4, -0.2) is 97.6 Å². The molecule has 2 spiro atoms. The lowest BCUT2D eigenvalue weighted by atomic mass is 9.58. The first-order chi connectivity index (χ1) is 30.5. The minimum absolute atomic E-state index is 0. The van der Waals surface area contributed by atoms with Crippen LogP contribution in [0.15, 0.2) is 83.1 Å². The van der Waals surface area contributed by atoms with E-state index in [1.165, 1.54) is 14.2 Å². The Morgan fingerprint density at radius 1 is 0.727 bits per heavy atom. The third-order valence-electron chi connectivity index (χ3n) is 16.1.